The number of nitro benzene ring substituents is 1. The summed E-state index contributed by atoms with van der Waals surface area (Å²) in [4.78, 5) is 26.8. The number of benzene rings is 1. The van der Waals surface area contributed by atoms with Gasteiger partial charge in [0.05, 0.1) is 4.92 Å². The van der Waals surface area contributed by atoms with Gasteiger partial charge >= 0.3 is 0 Å². The van der Waals surface area contributed by atoms with Gasteiger partial charge in [0.2, 0.25) is 6.17 Å². The van der Waals surface area contributed by atoms with E-state index in [1.165, 1.54) is 24.3 Å². The van der Waals surface area contributed by atoms with E-state index in [1.54, 1.807) is 23.8 Å². The number of alkyl halides is 3. The Morgan fingerprint density at radius 2 is 2.00 bits per heavy atom. The van der Waals surface area contributed by atoms with Crippen molar-refractivity contribution in [1.29, 1.82) is 0 Å². The van der Waals surface area contributed by atoms with Crippen molar-refractivity contribution >= 4 is 46.4 Å². The van der Waals surface area contributed by atoms with Crippen LogP contribution >= 0.6 is 34.8 Å². The van der Waals surface area contributed by atoms with Crippen LogP contribution in [0.4, 0.5) is 5.69 Å². The van der Waals surface area contributed by atoms with Gasteiger partial charge in [0.1, 0.15) is 12.1 Å². The van der Waals surface area contributed by atoms with Crippen LogP contribution in [0.1, 0.15) is 15.9 Å². The standard InChI is InChI=1S/C15H13Cl3N4O3/c16-15(17,18)14(20-9-10-4-3-7-19-8-10)21-13(23)11-5-1-2-6-12(11)22(24)25/h1-8,14,20H,9H2,(H,21,23)/p+1. The van der Waals surface area contributed by atoms with Crippen molar-refractivity contribution in [2.45, 2.75) is 16.5 Å². The lowest BCUT2D eigenvalue weighted by atomic mass is 10.1. The second-order valence-electron chi connectivity index (χ2n) is 5.07. The lowest BCUT2D eigenvalue weighted by molar-refractivity contribution is -0.706. The predicted octanol–water partition coefficient (Wildman–Crippen LogP) is 2.18. The zero-order chi connectivity index (χ0) is 18.4. The van der Waals surface area contributed by atoms with Crippen molar-refractivity contribution in [3.05, 3.63) is 70.0 Å². The molecule has 2 aromatic rings. The van der Waals surface area contributed by atoms with Crippen molar-refractivity contribution < 1.29 is 15.0 Å². The summed E-state index contributed by atoms with van der Waals surface area (Å²) in [6.45, 7) is 0.392. The molecule has 0 fully saturated rings. The molecule has 0 aliphatic carbocycles. The molecule has 10 heteroatoms. The fourth-order valence-electron chi connectivity index (χ4n) is 2.09. The lowest BCUT2D eigenvalue weighted by Gasteiger charge is -2.23. The van der Waals surface area contributed by atoms with Gasteiger partial charge in [0.25, 0.3) is 15.4 Å². The van der Waals surface area contributed by atoms with Crippen molar-refractivity contribution in [3.8, 4) is 0 Å². The Labute approximate surface area is 158 Å². The highest BCUT2D eigenvalue weighted by molar-refractivity contribution is 6.68. The van der Waals surface area contributed by atoms with E-state index in [0.29, 0.717) is 6.54 Å². The largest absolute Gasteiger partial charge is 0.319 e. The maximum atomic E-state index is 12.4. The van der Waals surface area contributed by atoms with Gasteiger partial charge in [0, 0.05) is 24.0 Å². The highest BCUT2D eigenvalue weighted by atomic mass is 35.6. The second kappa shape index (κ2) is 8.44. The van der Waals surface area contributed by atoms with Crippen LogP contribution in [0, 0.1) is 10.1 Å². The number of halogens is 3. The number of nitro groups is 1. The van der Waals surface area contributed by atoms with Crippen LogP contribution in [0.25, 0.3) is 0 Å². The van der Waals surface area contributed by atoms with Gasteiger partial charge < -0.3 is 5.32 Å². The molecular weight excluding hydrogens is 391 g/mol. The predicted molar refractivity (Wildman–Crippen MR) is 94.5 cm³/mol. The molecule has 2 rings (SSSR count). The number of rotatable bonds is 6. The number of quaternary nitrogens is 1. The van der Waals surface area contributed by atoms with Gasteiger partial charge in [-0.3, -0.25) is 25.2 Å². The number of nitrogens with one attached hydrogen (secondary N) is 1. The molecule has 0 radical (unpaired) electrons. The van der Waals surface area contributed by atoms with Crippen molar-refractivity contribution in [2.24, 2.45) is 0 Å². The van der Waals surface area contributed by atoms with Crippen molar-refractivity contribution in [2.75, 3.05) is 0 Å². The number of carbonyl (C=O) groups is 1. The van der Waals surface area contributed by atoms with Gasteiger partial charge in [0.15, 0.2) is 0 Å². The normalized spacial score (nSPS) is 12.4. The van der Waals surface area contributed by atoms with Gasteiger partial charge in [-0.15, -0.1) is 0 Å². The molecule has 0 saturated heterocycles. The summed E-state index contributed by atoms with van der Waals surface area (Å²) in [7, 11) is 0. The number of para-hydroxylation sites is 1. The third kappa shape index (κ3) is 5.54. The van der Waals surface area contributed by atoms with Crippen LogP contribution in [0.2, 0.25) is 0 Å². The number of hydrogen-bond acceptors (Lipinski definition) is 4. The minimum atomic E-state index is -1.82. The average Bonchev–Trinajstić information content (AvgIpc) is 2.58. The number of carbonyl (C=O) groups excluding carboxylic acids is 1. The quantitative estimate of drug-likeness (QED) is 0.333. The summed E-state index contributed by atoms with van der Waals surface area (Å²) in [6, 6.07) is 9.16. The topological polar surface area (TPSA) is 102 Å². The summed E-state index contributed by atoms with van der Waals surface area (Å²) >= 11 is 17.8. The summed E-state index contributed by atoms with van der Waals surface area (Å²) in [5.74, 6) is -0.703. The number of aromatic nitrogens is 1. The van der Waals surface area contributed by atoms with E-state index in [1.807, 2.05) is 6.07 Å². The molecule has 0 bridgehead atoms. The van der Waals surface area contributed by atoms with E-state index in [9.17, 15) is 14.9 Å². The zero-order valence-electron chi connectivity index (χ0n) is 12.7. The molecule has 1 atom stereocenters. The van der Waals surface area contributed by atoms with E-state index < -0.39 is 20.8 Å². The molecule has 1 unspecified atom stereocenters. The third-order valence-electron chi connectivity index (χ3n) is 3.30. The van der Waals surface area contributed by atoms with E-state index in [2.05, 4.69) is 10.3 Å². The van der Waals surface area contributed by atoms with Crippen LogP contribution in [0.5, 0.6) is 0 Å². The monoisotopic (exact) mass is 403 g/mol. The Balaban J connectivity index is 2.14. The van der Waals surface area contributed by atoms with Crippen LogP contribution in [-0.4, -0.2) is 25.8 Å². The fourth-order valence-corrected chi connectivity index (χ4v) is 2.52. The molecule has 25 heavy (non-hydrogen) atoms. The molecular formula is C15H14Cl3N4O3+. The fraction of sp³-hybridized carbons (Fsp3) is 0.200. The summed E-state index contributed by atoms with van der Waals surface area (Å²) in [5.41, 5.74) is 0.429. The van der Waals surface area contributed by atoms with E-state index in [4.69, 9.17) is 34.8 Å². The Kier molecular flexibility index (Phi) is 6.55. The van der Waals surface area contributed by atoms with Crippen molar-refractivity contribution in [3.63, 3.8) is 0 Å². The zero-order valence-corrected chi connectivity index (χ0v) is 15.0. The Bertz CT molecular complexity index is 753. The lowest BCUT2D eigenvalue weighted by Crippen LogP contribution is -2.95. The Hall–Kier alpha value is -1.93. The first-order chi connectivity index (χ1) is 11.8. The molecule has 1 amide bonds. The van der Waals surface area contributed by atoms with Gasteiger partial charge in [-0.25, -0.2) is 0 Å². The van der Waals surface area contributed by atoms with E-state index in [0.717, 1.165) is 5.56 Å². The number of amides is 1. The van der Waals surface area contributed by atoms with Crippen LogP contribution in [0.15, 0.2) is 48.8 Å². The Morgan fingerprint density at radius 3 is 2.60 bits per heavy atom. The molecule has 1 aromatic carbocycles. The van der Waals surface area contributed by atoms with Crippen LogP contribution < -0.4 is 10.6 Å². The maximum absolute atomic E-state index is 12.4. The first-order valence-corrected chi connectivity index (χ1v) is 8.25. The molecule has 1 heterocycles. The molecule has 0 aliphatic heterocycles. The summed E-state index contributed by atoms with van der Waals surface area (Å²) in [5, 5.41) is 15.2. The minimum absolute atomic E-state index is 0.110. The molecule has 132 valence electrons. The third-order valence-corrected chi connectivity index (χ3v) is 4.00. The molecule has 7 nitrogen and oxygen atoms in total. The maximum Gasteiger partial charge on any atom is 0.282 e. The number of nitrogens with two attached hydrogens (primary N) is 1. The number of hydrogen-bond donors (Lipinski definition) is 2. The SMILES string of the molecule is O=C(NC([NH2+]Cc1cccnc1)C(Cl)(Cl)Cl)c1ccccc1[N+](=O)[O-]. The van der Waals surface area contributed by atoms with Crippen molar-refractivity contribution in [1.82, 2.24) is 10.3 Å². The van der Waals surface area contributed by atoms with E-state index >= 15 is 0 Å². The van der Waals surface area contributed by atoms with Crippen LogP contribution in [0.3, 0.4) is 0 Å². The van der Waals surface area contributed by atoms with Gasteiger partial charge in [-0.1, -0.05) is 53.0 Å². The summed E-state index contributed by atoms with van der Waals surface area (Å²) in [6.07, 6.45) is 2.33. The summed E-state index contributed by atoms with van der Waals surface area (Å²) < 4.78 is -1.82. The first-order valence-electron chi connectivity index (χ1n) is 7.12. The first kappa shape index (κ1) is 19.4. The Morgan fingerprint density at radius 1 is 1.28 bits per heavy atom. The minimum Gasteiger partial charge on any atom is -0.319 e. The second-order valence-corrected chi connectivity index (χ2v) is 7.44. The number of nitrogens with zero attached hydrogens (tertiary/aromatic N) is 2. The highest BCUT2D eigenvalue weighted by Crippen LogP contribution is 2.28. The molecule has 0 aliphatic rings. The van der Waals surface area contributed by atoms with E-state index in [-0.39, 0.29) is 11.3 Å². The van der Waals surface area contributed by atoms with Gasteiger partial charge in [-0.05, 0) is 12.1 Å². The van der Waals surface area contributed by atoms with Gasteiger partial charge in [-0.2, -0.15) is 0 Å². The highest BCUT2D eigenvalue weighted by Gasteiger charge is 2.38. The molecule has 0 saturated carbocycles. The number of pyridine rings is 1. The smallest absolute Gasteiger partial charge is 0.282 e. The van der Waals surface area contributed by atoms with Crippen LogP contribution in [-0.2, 0) is 6.54 Å². The molecule has 3 N–H and O–H groups in total. The molecule has 1 aromatic heterocycles. The molecule has 0 spiro atoms. The average molecular weight is 405 g/mol.